The van der Waals surface area contributed by atoms with E-state index in [2.05, 4.69) is 15.5 Å². The van der Waals surface area contributed by atoms with Crippen LogP contribution >= 0.6 is 0 Å². The maximum Gasteiger partial charge on any atom is 0.187 e. The fraction of sp³-hybridized carbons (Fsp3) is 0.0714. The highest BCUT2D eigenvalue weighted by molar-refractivity contribution is 5.61. The van der Waals surface area contributed by atoms with Gasteiger partial charge in [0.2, 0.25) is 0 Å². The molecule has 0 unspecified atom stereocenters. The van der Waals surface area contributed by atoms with Gasteiger partial charge in [-0.25, -0.2) is 4.39 Å². The highest BCUT2D eigenvalue weighted by atomic mass is 19.1. The lowest BCUT2D eigenvalue weighted by atomic mass is 10.1. The van der Waals surface area contributed by atoms with Gasteiger partial charge in [0.05, 0.1) is 11.4 Å². The molecule has 0 saturated carbocycles. The molecule has 0 fully saturated rings. The first-order valence-electron chi connectivity index (χ1n) is 6.06. The lowest BCUT2D eigenvalue weighted by Crippen LogP contribution is -2.01. The van der Waals surface area contributed by atoms with Gasteiger partial charge in [0.1, 0.15) is 5.82 Å². The summed E-state index contributed by atoms with van der Waals surface area (Å²) in [5.74, 6) is -0.0178. The maximum absolute atomic E-state index is 13.6. The van der Waals surface area contributed by atoms with Gasteiger partial charge >= 0.3 is 0 Å². The second-order valence-corrected chi connectivity index (χ2v) is 4.49. The van der Waals surface area contributed by atoms with E-state index < -0.39 is 5.82 Å². The summed E-state index contributed by atoms with van der Waals surface area (Å²) in [7, 11) is 0. The summed E-state index contributed by atoms with van der Waals surface area (Å²) in [4.78, 5) is 0. The predicted molar refractivity (Wildman–Crippen MR) is 73.7 cm³/mol. The zero-order valence-corrected chi connectivity index (χ0v) is 10.8. The van der Waals surface area contributed by atoms with Crippen molar-refractivity contribution in [3.63, 3.8) is 0 Å². The van der Waals surface area contributed by atoms with Crippen LogP contribution in [0.1, 0.15) is 5.56 Å². The Bertz CT molecular complexity index is 766. The molecule has 0 atom stereocenters. The van der Waals surface area contributed by atoms with Crippen molar-refractivity contribution in [3.8, 4) is 17.1 Å². The number of halogens is 1. The molecule has 3 rings (SSSR count). The van der Waals surface area contributed by atoms with E-state index in [0.717, 1.165) is 11.3 Å². The number of hydrogen-bond donors (Lipinski definition) is 1. The molecule has 0 bridgehead atoms. The largest absolute Gasteiger partial charge is 0.396 e. The number of hydrogen-bond acceptors (Lipinski definition) is 4. The van der Waals surface area contributed by atoms with E-state index in [9.17, 15) is 4.39 Å². The molecule has 3 aromatic rings. The average Bonchev–Trinajstić information content (AvgIpc) is 2.91. The van der Waals surface area contributed by atoms with Crippen LogP contribution < -0.4 is 5.73 Å². The zero-order chi connectivity index (χ0) is 14.1. The fourth-order valence-corrected chi connectivity index (χ4v) is 1.97. The van der Waals surface area contributed by atoms with Crippen molar-refractivity contribution >= 4 is 5.69 Å². The zero-order valence-electron chi connectivity index (χ0n) is 10.8. The van der Waals surface area contributed by atoms with Crippen LogP contribution in [0.25, 0.3) is 17.1 Å². The number of nitrogens with two attached hydrogens (primary N) is 1. The highest BCUT2D eigenvalue weighted by Crippen LogP contribution is 2.22. The Morgan fingerprint density at radius 3 is 2.75 bits per heavy atom. The van der Waals surface area contributed by atoms with E-state index in [0.29, 0.717) is 11.4 Å². The third-order valence-corrected chi connectivity index (χ3v) is 2.97. The summed E-state index contributed by atoms with van der Waals surface area (Å²) < 4.78 is 15.1. The first kappa shape index (κ1) is 12.3. The second-order valence-electron chi connectivity index (χ2n) is 4.49. The summed E-state index contributed by atoms with van der Waals surface area (Å²) in [5.41, 5.74) is 8.06. The number of rotatable bonds is 2. The Balaban J connectivity index is 2.12. The molecule has 0 saturated heterocycles. The van der Waals surface area contributed by atoms with Gasteiger partial charge in [-0.2, -0.15) is 4.68 Å². The molecular formula is C14H12FN5. The SMILES string of the molecule is Cc1cccc(-n2nnnc2-c2ccc(N)c(F)c2)c1. The minimum Gasteiger partial charge on any atom is -0.396 e. The van der Waals surface area contributed by atoms with Crippen molar-refractivity contribution < 1.29 is 4.39 Å². The Hall–Kier alpha value is -2.76. The fourth-order valence-electron chi connectivity index (χ4n) is 1.97. The van der Waals surface area contributed by atoms with E-state index in [4.69, 9.17) is 5.73 Å². The second kappa shape index (κ2) is 4.73. The van der Waals surface area contributed by atoms with Crippen LogP contribution in [0.3, 0.4) is 0 Å². The van der Waals surface area contributed by atoms with Crippen molar-refractivity contribution in [2.24, 2.45) is 0 Å². The van der Waals surface area contributed by atoms with Crippen molar-refractivity contribution in [1.82, 2.24) is 20.2 Å². The molecule has 0 aliphatic heterocycles. The van der Waals surface area contributed by atoms with Crippen LogP contribution in [-0.4, -0.2) is 20.2 Å². The molecule has 1 aromatic heterocycles. The van der Waals surface area contributed by atoms with E-state index in [1.165, 1.54) is 12.1 Å². The Morgan fingerprint density at radius 1 is 1.15 bits per heavy atom. The van der Waals surface area contributed by atoms with Gasteiger partial charge in [-0.1, -0.05) is 12.1 Å². The van der Waals surface area contributed by atoms with Crippen LogP contribution in [0.15, 0.2) is 42.5 Å². The first-order valence-corrected chi connectivity index (χ1v) is 6.06. The Labute approximate surface area is 114 Å². The molecule has 2 aromatic carbocycles. The first-order chi connectivity index (χ1) is 9.65. The minimum absolute atomic E-state index is 0.100. The lowest BCUT2D eigenvalue weighted by molar-refractivity contribution is 0.632. The van der Waals surface area contributed by atoms with E-state index in [-0.39, 0.29) is 5.69 Å². The third kappa shape index (κ3) is 2.11. The predicted octanol–water partition coefficient (Wildman–Crippen LogP) is 2.36. The summed E-state index contributed by atoms with van der Waals surface area (Å²) in [6.07, 6.45) is 0. The third-order valence-electron chi connectivity index (χ3n) is 2.97. The van der Waals surface area contributed by atoms with Crippen molar-refractivity contribution in [2.75, 3.05) is 5.73 Å². The molecule has 100 valence electrons. The molecule has 6 heteroatoms. The molecular weight excluding hydrogens is 257 g/mol. The maximum atomic E-state index is 13.6. The van der Waals surface area contributed by atoms with Gasteiger partial charge in [0, 0.05) is 5.56 Å². The van der Waals surface area contributed by atoms with Crippen LogP contribution in [0.4, 0.5) is 10.1 Å². The minimum atomic E-state index is -0.485. The summed E-state index contributed by atoms with van der Waals surface area (Å²) >= 11 is 0. The number of anilines is 1. The van der Waals surface area contributed by atoms with Crippen molar-refractivity contribution in [3.05, 3.63) is 53.8 Å². The van der Waals surface area contributed by atoms with Crippen LogP contribution in [0.5, 0.6) is 0 Å². The van der Waals surface area contributed by atoms with Crippen LogP contribution in [0.2, 0.25) is 0 Å². The van der Waals surface area contributed by atoms with Crippen LogP contribution in [0, 0.1) is 12.7 Å². The van der Waals surface area contributed by atoms with Crippen molar-refractivity contribution in [1.29, 1.82) is 0 Å². The van der Waals surface area contributed by atoms with Crippen molar-refractivity contribution in [2.45, 2.75) is 6.92 Å². The average molecular weight is 269 g/mol. The number of tetrazole rings is 1. The molecule has 0 aliphatic rings. The smallest absolute Gasteiger partial charge is 0.187 e. The number of nitrogens with zero attached hydrogens (tertiary/aromatic N) is 4. The molecule has 0 spiro atoms. The molecule has 0 amide bonds. The number of aryl methyl sites for hydroxylation is 1. The molecule has 5 nitrogen and oxygen atoms in total. The summed E-state index contributed by atoms with van der Waals surface area (Å²) in [5, 5.41) is 11.6. The van der Waals surface area contributed by atoms with Gasteiger partial charge < -0.3 is 5.73 Å². The van der Waals surface area contributed by atoms with E-state index in [1.807, 2.05) is 31.2 Å². The molecule has 0 radical (unpaired) electrons. The van der Waals surface area contributed by atoms with Gasteiger partial charge in [-0.05, 0) is 53.2 Å². The van der Waals surface area contributed by atoms with Gasteiger partial charge in [-0.3, -0.25) is 0 Å². The number of benzene rings is 2. The molecule has 2 N–H and O–H groups in total. The number of nitrogen functional groups attached to an aromatic ring is 1. The highest BCUT2D eigenvalue weighted by Gasteiger charge is 2.12. The molecule has 1 heterocycles. The van der Waals surface area contributed by atoms with E-state index in [1.54, 1.807) is 10.7 Å². The normalized spacial score (nSPS) is 10.7. The van der Waals surface area contributed by atoms with Gasteiger partial charge in [0.25, 0.3) is 0 Å². The molecule has 0 aliphatic carbocycles. The quantitative estimate of drug-likeness (QED) is 0.725. The van der Waals surface area contributed by atoms with E-state index >= 15 is 0 Å². The Kier molecular flexibility index (Phi) is 2.90. The van der Waals surface area contributed by atoms with Crippen LogP contribution in [-0.2, 0) is 0 Å². The summed E-state index contributed by atoms with van der Waals surface area (Å²) in [6.45, 7) is 1.98. The van der Waals surface area contributed by atoms with Gasteiger partial charge in [0.15, 0.2) is 5.82 Å². The topological polar surface area (TPSA) is 69.6 Å². The Morgan fingerprint density at radius 2 is 2.00 bits per heavy atom. The molecule has 20 heavy (non-hydrogen) atoms. The number of aromatic nitrogens is 4. The standard InChI is InChI=1S/C14H12FN5/c1-9-3-2-4-11(7-9)20-14(17-18-19-20)10-5-6-13(16)12(15)8-10/h2-8H,16H2,1H3. The summed E-state index contributed by atoms with van der Waals surface area (Å²) in [6, 6.07) is 12.3. The monoisotopic (exact) mass is 269 g/mol. The van der Waals surface area contributed by atoms with Gasteiger partial charge in [-0.15, -0.1) is 5.10 Å². The lowest BCUT2D eigenvalue weighted by Gasteiger charge is -2.06.